The largest absolute Gasteiger partial charge is 0.396 e. The van der Waals surface area contributed by atoms with Gasteiger partial charge in [0, 0.05) is 15.7 Å². The summed E-state index contributed by atoms with van der Waals surface area (Å²) in [6, 6.07) is 11.8. The Morgan fingerprint density at radius 3 is 2.12 bits per heavy atom. The number of rotatable bonds is 1. The number of anilines is 2. The normalized spacial score (nSPS) is 10.1. The van der Waals surface area contributed by atoms with Crippen molar-refractivity contribution in [3.8, 4) is 5.69 Å². The molecule has 0 fully saturated rings. The zero-order valence-electron chi connectivity index (χ0n) is 13.2. The summed E-state index contributed by atoms with van der Waals surface area (Å²) in [5.74, 6) is -0.908. The fraction of sp³-hybridized carbons (Fsp3) is 0.0588. The molecule has 25 heavy (non-hydrogen) atoms. The monoisotopic (exact) mass is 456 g/mol. The first-order valence-electron chi connectivity index (χ1n) is 7.11. The molecule has 0 radical (unpaired) electrons. The number of nitrogens with two attached hydrogens (primary N) is 2. The number of aromatic nitrogens is 2. The summed E-state index contributed by atoms with van der Waals surface area (Å²) in [5.41, 5.74) is 11.5. The van der Waals surface area contributed by atoms with Crippen LogP contribution in [0.5, 0.6) is 0 Å². The Kier molecular flexibility index (Phi) is 6.07. The van der Waals surface area contributed by atoms with Gasteiger partial charge in [-0.15, -0.1) is 0 Å². The summed E-state index contributed by atoms with van der Waals surface area (Å²) in [6.07, 6.45) is 0. The Hall–Kier alpha value is -2.49. The lowest BCUT2D eigenvalue weighted by Gasteiger charge is -2.05. The van der Waals surface area contributed by atoms with Crippen molar-refractivity contribution in [2.75, 3.05) is 11.5 Å². The van der Waals surface area contributed by atoms with Crippen LogP contribution in [0.15, 0.2) is 53.3 Å². The second-order valence-corrected chi connectivity index (χ2v) is 6.34. The molecule has 0 unspecified atom stereocenters. The Labute approximate surface area is 156 Å². The Bertz CT molecular complexity index is 960. The van der Waals surface area contributed by atoms with E-state index in [0.717, 1.165) is 8.25 Å². The van der Waals surface area contributed by atoms with Gasteiger partial charge in [-0.1, -0.05) is 0 Å². The highest BCUT2D eigenvalue weighted by molar-refractivity contribution is 14.1. The van der Waals surface area contributed by atoms with E-state index in [1.165, 1.54) is 24.3 Å². The summed E-state index contributed by atoms with van der Waals surface area (Å²) in [5, 5.41) is 4.01. The number of aryl methyl sites for hydroxylation is 1. The highest BCUT2D eigenvalue weighted by Crippen LogP contribution is 2.14. The van der Waals surface area contributed by atoms with Gasteiger partial charge in [0.05, 0.1) is 22.8 Å². The van der Waals surface area contributed by atoms with E-state index in [9.17, 15) is 13.6 Å². The highest BCUT2D eigenvalue weighted by atomic mass is 127. The molecule has 0 saturated heterocycles. The third-order valence-corrected chi connectivity index (χ3v) is 3.80. The van der Waals surface area contributed by atoms with Crippen LogP contribution >= 0.6 is 22.6 Å². The molecular formula is C17H15F2IN4O. The van der Waals surface area contributed by atoms with Crippen LogP contribution in [0.1, 0.15) is 5.69 Å². The molecule has 1 aromatic heterocycles. The number of hydrogen-bond acceptors (Lipinski definition) is 4. The third kappa shape index (κ3) is 4.99. The number of nitrogens with zero attached hydrogens (tertiary/aromatic N) is 2. The fourth-order valence-corrected chi connectivity index (χ4v) is 2.29. The van der Waals surface area contributed by atoms with E-state index in [4.69, 9.17) is 11.5 Å². The lowest BCUT2D eigenvalue weighted by molar-refractivity contribution is 0.628. The van der Waals surface area contributed by atoms with Gasteiger partial charge in [-0.05, 0) is 65.9 Å². The van der Waals surface area contributed by atoms with Crippen molar-refractivity contribution >= 4 is 34.0 Å². The minimum absolute atomic E-state index is 0.0458. The Morgan fingerprint density at radius 1 is 0.960 bits per heavy atom. The van der Waals surface area contributed by atoms with Gasteiger partial charge in [0.15, 0.2) is 0 Å². The quantitative estimate of drug-likeness (QED) is 0.435. The van der Waals surface area contributed by atoms with Crippen LogP contribution in [0.2, 0.25) is 0 Å². The van der Waals surface area contributed by atoms with Crippen LogP contribution in [-0.2, 0) is 0 Å². The lowest BCUT2D eigenvalue weighted by Crippen LogP contribution is -2.20. The predicted octanol–water partition coefficient (Wildman–Crippen LogP) is 3.27. The van der Waals surface area contributed by atoms with Crippen LogP contribution < -0.4 is 17.0 Å². The topological polar surface area (TPSA) is 86.9 Å². The average molecular weight is 456 g/mol. The predicted molar refractivity (Wildman–Crippen MR) is 102 cm³/mol. The SMILES string of the molecule is Cc1ccc(=O)n(-c2ccc(N)c(F)c2)n1.Nc1ccc(I)cc1F. The van der Waals surface area contributed by atoms with Crippen molar-refractivity contribution in [1.82, 2.24) is 9.78 Å². The molecule has 0 aliphatic rings. The summed E-state index contributed by atoms with van der Waals surface area (Å²) >= 11 is 2.03. The average Bonchev–Trinajstić information content (AvgIpc) is 2.57. The highest BCUT2D eigenvalue weighted by Gasteiger charge is 2.04. The molecule has 0 atom stereocenters. The maximum absolute atomic E-state index is 13.2. The summed E-state index contributed by atoms with van der Waals surface area (Å²) in [6.45, 7) is 1.75. The fourth-order valence-electron chi connectivity index (χ4n) is 1.84. The van der Waals surface area contributed by atoms with Crippen molar-refractivity contribution in [2.45, 2.75) is 6.92 Å². The van der Waals surface area contributed by atoms with E-state index >= 15 is 0 Å². The number of benzene rings is 2. The molecule has 3 rings (SSSR count). The second-order valence-electron chi connectivity index (χ2n) is 5.10. The van der Waals surface area contributed by atoms with Gasteiger partial charge in [-0.3, -0.25) is 4.79 Å². The molecule has 0 saturated carbocycles. The van der Waals surface area contributed by atoms with Crippen molar-refractivity contribution < 1.29 is 8.78 Å². The molecule has 0 aliphatic heterocycles. The number of nitrogen functional groups attached to an aromatic ring is 2. The van der Waals surface area contributed by atoms with E-state index < -0.39 is 5.82 Å². The van der Waals surface area contributed by atoms with Crippen LogP contribution in [0.3, 0.4) is 0 Å². The molecule has 0 bridgehead atoms. The summed E-state index contributed by atoms with van der Waals surface area (Å²) in [7, 11) is 0. The maximum Gasteiger partial charge on any atom is 0.271 e. The molecule has 4 N–H and O–H groups in total. The van der Waals surface area contributed by atoms with Crippen molar-refractivity contribution in [1.29, 1.82) is 0 Å². The molecule has 8 heteroatoms. The Balaban J connectivity index is 0.000000212. The lowest BCUT2D eigenvalue weighted by atomic mass is 10.2. The molecular weight excluding hydrogens is 441 g/mol. The summed E-state index contributed by atoms with van der Waals surface area (Å²) in [4.78, 5) is 11.5. The zero-order chi connectivity index (χ0) is 18.6. The smallest absolute Gasteiger partial charge is 0.271 e. The van der Waals surface area contributed by atoms with Crippen LogP contribution in [0.25, 0.3) is 5.69 Å². The molecule has 0 amide bonds. The van der Waals surface area contributed by atoms with Crippen LogP contribution in [0, 0.1) is 22.1 Å². The van der Waals surface area contributed by atoms with Gasteiger partial charge in [-0.25, -0.2) is 8.78 Å². The van der Waals surface area contributed by atoms with Gasteiger partial charge in [0.25, 0.3) is 5.56 Å². The first-order chi connectivity index (χ1) is 11.8. The zero-order valence-corrected chi connectivity index (χ0v) is 15.4. The van der Waals surface area contributed by atoms with E-state index in [-0.39, 0.29) is 22.8 Å². The second kappa shape index (κ2) is 8.06. The van der Waals surface area contributed by atoms with E-state index in [1.54, 1.807) is 31.2 Å². The molecule has 0 aliphatic carbocycles. The first kappa shape index (κ1) is 18.8. The minimum atomic E-state index is -0.562. The third-order valence-electron chi connectivity index (χ3n) is 3.12. The van der Waals surface area contributed by atoms with E-state index in [0.29, 0.717) is 11.4 Å². The molecule has 0 spiro atoms. The number of hydrogen-bond donors (Lipinski definition) is 2. The van der Waals surface area contributed by atoms with Gasteiger partial charge in [0.1, 0.15) is 11.6 Å². The summed E-state index contributed by atoms with van der Waals surface area (Å²) < 4.78 is 27.7. The standard InChI is InChI=1S/C11H10FN3O.C6H5FIN/c1-7-2-5-11(16)15(14-7)8-3-4-10(13)9(12)6-8;7-5-3-4(8)1-2-6(5)9/h2-6H,13H2,1H3;1-3H,9H2. The van der Waals surface area contributed by atoms with Gasteiger partial charge < -0.3 is 11.5 Å². The van der Waals surface area contributed by atoms with Gasteiger partial charge in [-0.2, -0.15) is 9.78 Å². The first-order valence-corrected chi connectivity index (χ1v) is 8.18. The van der Waals surface area contributed by atoms with Crippen molar-refractivity contribution in [3.63, 3.8) is 0 Å². The van der Waals surface area contributed by atoms with Crippen molar-refractivity contribution in [2.24, 2.45) is 0 Å². The van der Waals surface area contributed by atoms with E-state index in [2.05, 4.69) is 5.10 Å². The van der Waals surface area contributed by atoms with E-state index in [1.807, 2.05) is 22.6 Å². The Morgan fingerprint density at radius 2 is 1.56 bits per heavy atom. The molecule has 3 aromatic rings. The van der Waals surface area contributed by atoms with Crippen molar-refractivity contribution in [3.05, 3.63) is 79.8 Å². The molecule has 5 nitrogen and oxygen atoms in total. The molecule has 2 aromatic carbocycles. The minimum Gasteiger partial charge on any atom is -0.396 e. The molecule has 1 heterocycles. The van der Waals surface area contributed by atoms with Gasteiger partial charge >= 0.3 is 0 Å². The van der Waals surface area contributed by atoms with Crippen LogP contribution in [0.4, 0.5) is 20.2 Å². The van der Waals surface area contributed by atoms with Gasteiger partial charge in [0.2, 0.25) is 0 Å². The van der Waals surface area contributed by atoms with Crippen LogP contribution in [-0.4, -0.2) is 9.78 Å². The number of halogens is 3. The molecule has 130 valence electrons. The maximum atomic E-state index is 13.2.